The van der Waals surface area contributed by atoms with Crippen molar-refractivity contribution in [3.05, 3.63) is 12.4 Å². The molecule has 1 amide bonds. The Morgan fingerprint density at radius 1 is 1.00 bits per heavy atom. The van der Waals surface area contributed by atoms with Gasteiger partial charge in [-0.15, -0.1) is 0 Å². The van der Waals surface area contributed by atoms with Crippen molar-refractivity contribution in [1.82, 2.24) is 14.7 Å². The third-order valence-electron chi connectivity index (χ3n) is 13.5. The van der Waals surface area contributed by atoms with Gasteiger partial charge < -0.3 is 19.7 Å². The Labute approximate surface area is 268 Å². The molecule has 3 N–H and O–H groups in total. The standard InChI is InChI=1S/C34H53N3O7S/c1-6-23-27-16-21(38)10-14-34(27,5)26-11-15-33(4)24(8-9-25(33)28(26)29(23)39)20(2)19-43-31(40)37-45(41,42)22-17-35-30(36-18-22)44-32(3)12-7-13-32/h17-18,20-21,23-29,38-39H,6-16,19H2,1-5H3,(H,37,40)/t20-,21-,23-,24-,25+,26+,27+,28+,29-,33-,34-/m1/s1. The highest BCUT2D eigenvalue weighted by molar-refractivity contribution is 7.90. The van der Waals surface area contributed by atoms with Crippen LogP contribution >= 0.6 is 0 Å². The van der Waals surface area contributed by atoms with Crippen LogP contribution in [0.5, 0.6) is 6.01 Å². The van der Waals surface area contributed by atoms with Gasteiger partial charge >= 0.3 is 12.1 Å². The van der Waals surface area contributed by atoms with Gasteiger partial charge in [-0.25, -0.2) is 27.9 Å². The summed E-state index contributed by atoms with van der Waals surface area (Å²) in [4.78, 5) is 20.5. The maximum atomic E-state index is 12.8. The van der Waals surface area contributed by atoms with Gasteiger partial charge in [0.25, 0.3) is 10.0 Å². The largest absolute Gasteiger partial charge is 0.457 e. The van der Waals surface area contributed by atoms with E-state index >= 15 is 0 Å². The zero-order valence-electron chi connectivity index (χ0n) is 27.6. The lowest BCUT2D eigenvalue weighted by Gasteiger charge is -2.64. The van der Waals surface area contributed by atoms with E-state index in [4.69, 9.17) is 9.47 Å². The van der Waals surface area contributed by atoms with Crippen LogP contribution in [0.25, 0.3) is 0 Å². The molecular weight excluding hydrogens is 594 g/mol. The average molecular weight is 648 g/mol. The molecule has 252 valence electrons. The molecule has 0 aromatic carbocycles. The molecule has 0 bridgehead atoms. The number of nitrogens with zero attached hydrogens (tertiary/aromatic N) is 2. The van der Waals surface area contributed by atoms with E-state index in [1.807, 2.05) is 11.6 Å². The topological polar surface area (TPSA) is 148 Å². The smallest absolute Gasteiger partial charge is 0.421 e. The SMILES string of the molecule is CC[C@H]1[C@@H](O)[C@@H]2[C@H](CC[C@]3(C)[C@@H]([C@H](C)COC(=O)NS(=O)(=O)c4cnc(OC5(C)CCC5)nc4)CC[C@@H]23)[C@@]2(C)CC[C@@H](O)C[C@@H]12. The first-order valence-corrected chi connectivity index (χ1v) is 18.8. The summed E-state index contributed by atoms with van der Waals surface area (Å²) < 4.78 is 38.9. The average Bonchev–Trinajstić information content (AvgIpc) is 3.33. The van der Waals surface area contributed by atoms with Crippen LogP contribution in [0.2, 0.25) is 0 Å². The van der Waals surface area contributed by atoms with Crippen LogP contribution in [0.1, 0.15) is 105 Å². The van der Waals surface area contributed by atoms with E-state index in [1.54, 1.807) is 0 Å². The molecule has 0 aliphatic heterocycles. The first-order valence-electron chi connectivity index (χ1n) is 17.3. The number of amides is 1. The summed E-state index contributed by atoms with van der Waals surface area (Å²) in [5, 5.41) is 22.5. The molecule has 1 aromatic heterocycles. The van der Waals surface area contributed by atoms with Crippen LogP contribution < -0.4 is 9.46 Å². The monoisotopic (exact) mass is 647 g/mol. The van der Waals surface area contributed by atoms with Crippen molar-refractivity contribution in [3.8, 4) is 6.01 Å². The first-order chi connectivity index (χ1) is 21.2. The molecule has 11 heteroatoms. The number of nitrogens with one attached hydrogen (secondary N) is 1. The fraction of sp³-hybridized carbons (Fsp3) is 0.853. The van der Waals surface area contributed by atoms with E-state index in [0.717, 1.165) is 83.0 Å². The number of ether oxygens (including phenoxy) is 2. The Hall–Kier alpha value is -1.98. The molecule has 0 unspecified atom stereocenters. The number of hydrogen-bond acceptors (Lipinski definition) is 9. The van der Waals surface area contributed by atoms with Crippen LogP contribution in [0.4, 0.5) is 4.79 Å². The predicted molar refractivity (Wildman–Crippen MR) is 168 cm³/mol. The van der Waals surface area contributed by atoms with Gasteiger partial charge in [-0.3, -0.25) is 0 Å². The molecule has 0 saturated heterocycles. The lowest BCUT2D eigenvalue weighted by molar-refractivity contribution is -0.203. The zero-order chi connectivity index (χ0) is 32.4. The van der Waals surface area contributed by atoms with Gasteiger partial charge in [-0.1, -0.05) is 34.1 Å². The summed E-state index contributed by atoms with van der Waals surface area (Å²) in [5.41, 5.74) is -0.153. The minimum Gasteiger partial charge on any atom is -0.457 e. The fourth-order valence-corrected chi connectivity index (χ4v) is 11.7. The summed E-state index contributed by atoms with van der Waals surface area (Å²) in [6.07, 6.45) is 11.3. The molecule has 10 nitrogen and oxygen atoms in total. The Kier molecular flexibility index (Phi) is 8.73. The van der Waals surface area contributed by atoms with Gasteiger partial charge in [-0.2, -0.15) is 0 Å². The highest BCUT2D eigenvalue weighted by atomic mass is 32.2. The number of aliphatic hydroxyl groups excluding tert-OH is 2. The molecule has 0 radical (unpaired) electrons. The zero-order valence-corrected chi connectivity index (χ0v) is 28.4. The van der Waals surface area contributed by atoms with Crippen LogP contribution in [-0.4, -0.2) is 59.1 Å². The minimum absolute atomic E-state index is 0.0147. The molecule has 0 spiro atoms. The number of carbonyl (C=O) groups is 1. The summed E-state index contributed by atoms with van der Waals surface area (Å²) in [6, 6.07) is 0.113. The van der Waals surface area contributed by atoms with E-state index in [9.17, 15) is 23.4 Å². The van der Waals surface area contributed by atoms with E-state index in [0.29, 0.717) is 23.7 Å². The van der Waals surface area contributed by atoms with Crippen molar-refractivity contribution in [1.29, 1.82) is 0 Å². The van der Waals surface area contributed by atoms with Crippen LogP contribution in [-0.2, 0) is 14.8 Å². The molecule has 5 aliphatic rings. The van der Waals surface area contributed by atoms with Crippen LogP contribution in [0, 0.1) is 52.3 Å². The number of aliphatic hydroxyl groups is 2. The van der Waals surface area contributed by atoms with Crippen molar-refractivity contribution in [2.75, 3.05) is 6.61 Å². The van der Waals surface area contributed by atoms with Gasteiger partial charge in [0.2, 0.25) is 0 Å². The summed E-state index contributed by atoms with van der Waals surface area (Å²) in [5.74, 6) is 2.00. The van der Waals surface area contributed by atoms with Gasteiger partial charge in [-0.05, 0) is 123 Å². The highest BCUT2D eigenvalue weighted by Gasteiger charge is 2.65. The lowest BCUT2D eigenvalue weighted by Crippen LogP contribution is -2.62. The van der Waals surface area contributed by atoms with Crippen molar-refractivity contribution in [2.24, 2.45) is 52.3 Å². The van der Waals surface area contributed by atoms with Crippen molar-refractivity contribution in [3.63, 3.8) is 0 Å². The quantitative estimate of drug-likeness (QED) is 0.334. The minimum atomic E-state index is -4.20. The molecule has 5 aliphatic carbocycles. The third kappa shape index (κ3) is 5.77. The maximum absolute atomic E-state index is 12.8. The van der Waals surface area contributed by atoms with Crippen LogP contribution in [0.3, 0.4) is 0 Å². The normalized spacial score (nSPS) is 41.0. The first kappa shape index (κ1) is 32.9. The molecule has 45 heavy (non-hydrogen) atoms. The van der Waals surface area contributed by atoms with Crippen molar-refractivity contribution in [2.45, 2.75) is 128 Å². The van der Waals surface area contributed by atoms with Gasteiger partial charge in [0.1, 0.15) is 10.5 Å². The molecule has 1 heterocycles. The second-order valence-corrected chi connectivity index (χ2v) is 17.6. The molecular formula is C34H53N3O7S. The van der Waals surface area contributed by atoms with Gasteiger partial charge in [0.05, 0.1) is 31.2 Å². The second-order valence-electron chi connectivity index (χ2n) is 15.9. The lowest BCUT2D eigenvalue weighted by atomic mass is 9.41. The van der Waals surface area contributed by atoms with E-state index < -0.39 is 16.1 Å². The highest BCUT2D eigenvalue weighted by Crippen LogP contribution is 2.69. The Morgan fingerprint density at radius 2 is 1.67 bits per heavy atom. The molecule has 5 saturated carbocycles. The van der Waals surface area contributed by atoms with Crippen molar-refractivity contribution >= 4 is 16.1 Å². The summed E-state index contributed by atoms with van der Waals surface area (Å²) in [7, 11) is -4.20. The molecule has 11 atom stereocenters. The maximum Gasteiger partial charge on any atom is 0.421 e. The number of carbonyl (C=O) groups excluding carboxylic acids is 1. The number of aromatic nitrogens is 2. The molecule has 5 fully saturated rings. The van der Waals surface area contributed by atoms with Crippen LogP contribution in [0.15, 0.2) is 17.3 Å². The predicted octanol–water partition coefficient (Wildman–Crippen LogP) is 5.48. The fourth-order valence-electron chi connectivity index (χ4n) is 10.9. The van der Waals surface area contributed by atoms with Gasteiger partial charge in [0, 0.05) is 0 Å². The van der Waals surface area contributed by atoms with E-state index in [1.165, 1.54) is 0 Å². The number of sulfonamides is 1. The Bertz CT molecular complexity index is 1350. The van der Waals surface area contributed by atoms with E-state index in [-0.39, 0.29) is 63.9 Å². The number of rotatable bonds is 8. The Morgan fingerprint density at radius 3 is 2.31 bits per heavy atom. The summed E-state index contributed by atoms with van der Waals surface area (Å²) >= 11 is 0. The van der Waals surface area contributed by atoms with Gasteiger partial charge in [0.15, 0.2) is 0 Å². The van der Waals surface area contributed by atoms with E-state index in [2.05, 4.69) is 37.7 Å². The number of hydrogen-bond donors (Lipinski definition) is 3. The van der Waals surface area contributed by atoms with Crippen molar-refractivity contribution < 1.29 is 32.9 Å². The summed E-state index contributed by atoms with van der Waals surface area (Å²) in [6.45, 7) is 11.2. The Balaban J connectivity index is 1.08. The third-order valence-corrected chi connectivity index (χ3v) is 14.8. The molecule has 6 rings (SSSR count). The molecule has 1 aromatic rings. The second kappa shape index (κ2) is 11.9. The number of fused-ring (bicyclic) bond motifs is 5.